The highest BCUT2D eigenvalue weighted by Crippen LogP contribution is 2.26. The van der Waals surface area contributed by atoms with E-state index in [-0.39, 0.29) is 17.8 Å². The summed E-state index contributed by atoms with van der Waals surface area (Å²) in [4.78, 5) is 26.3. The zero-order valence-electron chi connectivity index (χ0n) is 10.7. The molecule has 2 heterocycles. The normalized spacial score (nSPS) is 19.3. The Labute approximate surface area is 121 Å². The van der Waals surface area contributed by atoms with Crippen molar-refractivity contribution in [2.24, 2.45) is 5.92 Å². The van der Waals surface area contributed by atoms with Crippen molar-refractivity contribution < 1.29 is 14.3 Å². The molecule has 4 nitrogen and oxygen atoms in total. The number of halogens is 1. The fourth-order valence-electron chi connectivity index (χ4n) is 2.20. The molecule has 0 bridgehead atoms. The molecule has 0 aliphatic carbocycles. The summed E-state index contributed by atoms with van der Waals surface area (Å²) in [5, 5.41) is 2.27. The van der Waals surface area contributed by atoms with E-state index >= 15 is 0 Å². The topological polar surface area (TPSA) is 46.6 Å². The van der Waals surface area contributed by atoms with Gasteiger partial charge in [0, 0.05) is 13.1 Å². The first kappa shape index (κ1) is 14.3. The number of hydrogen-bond donors (Lipinski definition) is 0. The number of likely N-dealkylation sites (tertiary alicyclic amines) is 1. The third-order valence-electron chi connectivity index (χ3n) is 3.14. The maximum Gasteiger partial charge on any atom is 0.310 e. The molecule has 1 aliphatic rings. The van der Waals surface area contributed by atoms with Crippen LogP contribution in [0.4, 0.5) is 0 Å². The SMILES string of the molecule is CCOC(=O)C1CCCN(C(=O)c2sccc2Cl)C1. The van der Waals surface area contributed by atoms with Gasteiger partial charge in [0.2, 0.25) is 0 Å². The molecule has 1 fully saturated rings. The largest absolute Gasteiger partial charge is 0.466 e. The van der Waals surface area contributed by atoms with Gasteiger partial charge in [0.05, 0.1) is 17.5 Å². The summed E-state index contributed by atoms with van der Waals surface area (Å²) in [6.07, 6.45) is 1.60. The highest BCUT2D eigenvalue weighted by Gasteiger charge is 2.30. The maximum absolute atomic E-state index is 12.3. The van der Waals surface area contributed by atoms with E-state index in [2.05, 4.69) is 0 Å². The van der Waals surface area contributed by atoms with Crippen LogP contribution in [0.15, 0.2) is 11.4 Å². The lowest BCUT2D eigenvalue weighted by Crippen LogP contribution is -2.42. The van der Waals surface area contributed by atoms with Crippen molar-refractivity contribution in [3.8, 4) is 0 Å². The quantitative estimate of drug-likeness (QED) is 0.807. The molecule has 19 heavy (non-hydrogen) atoms. The Morgan fingerprint density at radius 3 is 3.00 bits per heavy atom. The summed E-state index contributed by atoms with van der Waals surface area (Å²) in [5.41, 5.74) is 0. The number of amides is 1. The summed E-state index contributed by atoms with van der Waals surface area (Å²) in [6.45, 7) is 3.25. The molecule has 0 saturated carbocycles. The number of carbonyl (C=O) groups is 2. The van der Waals surface area contributed by atoms with E-state index in [9.17, 15) is 9.59 Å². The standard InChI is InChI=1S/C13H16ClNO3S/c1-2-18-13(17)9-4-3-6-15(8-9)12(16)11-10(14)5-7-19-11/h5,7,9H,2-4,6,8H2,1H3. The predicted molar refractivity (Wildman–Crippen MR) is 74.6 cm³/mol. The van der Waals surface area contributed by atoms with E-state index in [1.807, 2.05) is 0 Å². The van der Waals surface area contributed by atoms with Crippen LogP contribution < -0.4 is 0 Å². The van der Waals surface area contributed by atoms with Crippen molar-refractivity contribution in [3.05, 3.63) is 21.3 Å². The monoisotopic (exact) mass is 301 g/mol. The van der Waals surface area contributed by atoms with Gasteiger partial charge in [-0.1, -0.05) is 11.6 Å². The summed E-state index contributed by atoms with van der Waals surface area (Å²) >= 11 is 7.31. The lowest BCUT2D eigenvalue weighted by atomic mass is 9.98. The molecule has 0 N–H and O–H groups in total. The van der Waals surface area contributed by atoms with Crippen LogP contribution in [0.2, 0.25) is 5.02 Å². The molecule has 0 spiro atoms. The molecule has 6 heteroatoms. The van der Waals surface area contributed by atoms with Crippen LogP contribution >= 0.6 is 22.9 Å². The first-order valence-electron chi connectivity index (χ1n) is 6.32. The summed E-state index contributed by atoms with van der Waals surface area (Å²) < 4.78 is 5.02. The van der Waals surface area contributed by atoms with Gasteiger partial charge < -0.3 is 9.64 Å². The predicted octanol–water partition coefficient (Wildman–Crippen LogP) is 2.82. The minimum atomic E-state index is -0.212. The molecular formula is C13H16ClNO3S. The molecule has 0 aromatic carbocycles. The molecule has 104 valence electrons. The van der Waals surface area contributed by atoms with Crippen LogP contribution in [0, 0.1) is 5.92 Å². The number of ether oxygens (including phenoxy) is 1. The van der Waals surface area contributed by atoms with E-state index < -0.39 is 0 Å². The smallest absolute Gasteiger partial charge is 0.310 e. The molecule has 1 saturated heterocycles. The maximum atomic E-state index is 12.3. The number of carbonyl (C=O) groups excluding carboxylic acids is 2. The molecule has 1 aromatic heterocycles. The first-order chi connectivity index (χ1) is 9.13. The van der Waals surface area contributed by atoms with E-state index in [1.165, 1.54) is 11.3 Å². The molecule has 1 aromatic rings. The van der Waals surface area contributed by atoms with Crippen LogP contribution in [0.5, 0.6) is 0 Å². The highest BCUT2D eigenvalue weighted by molar-refractivity contribution is 7.12. The van der Waals surface area contributed by atoms with E-state index in [0.717, 1.165) is 12.8 Å². The number of rotatable bonds is 3. The molecule has 1 unspecified atom stereocenters. The van der Waals surface area contributed by atoms with Crippen LogP contribution in [0.1, 0.15) is 29.4 Å². The van der Waals surface area contributed by atoms with Gasteiger partial charge in [-0.2, -0.15) is 0 Å². The summed E-state index contributed by atoms with van der Waals surface area (Å²) in [6, 6.07) is 1.71. The van der Waals surface area contributed by atoms with E-state index in [1.54, 1.807) is 23.3 Å². The van der Waals surface area contributed by atoms with E-state index in [0.29, 0.717) is 29.6 Å². The van der Waals surface area contributed by atoms with Crippen molar-refractivity contribution >= 4 is 34.8 Å². The van der Waals surface area contributed by atoms with Crippen LogP contribution in [-0.4, -0.2) is 36.5 Å². The lowest BCUT2D eigenvalue weighted by molar-refractivity contribution is -0.149. The zero-order valence-corrected chi connectivity index (χ0v) is 12.3. The molecule has 2 rings (SSSR count). The number of piperidine rings is 1. The van der Waals surface area contributed by atoms with Crippen molar-refractivity contribution in [3.63, 3.8) is 0 Å². The minimum absolute atomic E-state index is 0.0889. The van der Waals surface area contributed by atoms with Crippen LogP contribution in [0.3, 0.4) is 0 Å². The van der Waals surface area contributed by atoms with E-state index in [4.69, 9.17) is 16.3 Å². The van der Waals surface area contributed by atoms with Crippen LogP contribution in [-0.2, 0) is 9.53 Å². The van der Waals surface area contributed by atoms with Crippen molar-refractivity contribution in [2.75, 3.05) is 19.7 Å². The second kappa shape index (κ2) is 6.39. The Bertz CT molecular complexity index is 474. The molecule has 1 amide bonds. The van der Waals surface area contributed by atoms with Gasteiger partial charge in [0.1, 0.15) is 4.88 Å². The van der Waals surface area contributed by atoms with Gasteiger partial charge in [0.15, 0.2) is 0 Å². The molecule has 0 radical (unpaired) electrons. The van der Waals surface area contributed by atoms with Crippen LogP contribution in [0.25, 0.3) is 0 Å². The Balaban J connectivity index is 2.03. The van der Waals surface area contributed by atoms with Gasteiger partial charge in [-0.05, 0) is 31.2 Å². The Morgan fingerprint density at radius 1 is 1.58 bits per heavy atom. The fraction of sp³-hybridized carbons (Fsp3) is 0.538. The third-order valence-corrected chi connectivity index (χ3v) is 4.47. The first-order valence-corrected chi connectivity index (χ1v) is 7.58. The minimum Gasteiger partial charge on any atom is -0.466 e. The summed E-state index contributed by atoms with van der Waals surface area (Å²) in [5.74, 6) is -0.511. The molecular weight excluding hydrogens is 286 g/mol. The zero-order chi connectivity index (χ0) is 13.8. The van der Waals surface area contributed by atoms with Gasteiger partial charge in [-0.25, -0.2) is 0 Å². The van der Waals surface area contributed by atoms with Gasteiger partial charge in [-0.15, -0.1) is 11.3 Å². The Hall–Kier alpha value is -1.07. The number of thiophene rings is 1. The number of esters is 1. The molecule has 1 atom stereocenters. The third kappa shape index (κ3) is 3.28. The van der Waals surface area contributed by atoms with Crippen molar-refractivity contribution in [1.82, 2.24) is 4.90 Å². The second-order valence-electron chi connectivity index (χ2n) is 4.44. The summed E-state index contributed by atoms with van der Waals surface area (Å²) in [7, 11) is 0. The Kier molecular flexibility index (Phi) is 4.82. The average Bonchev–Trinajstić information content (AvgIpc) is 2.84. The van der Waals surface area contributed by atoms with Crippen molar-refractivity contribution in [2.45, 2.75) is 19.8 Å². The number of hydrogen-bond acceptors (Lipinski definition) is 4. The highest BCUT2D eigenvalue weighted by atomic mass is 35.5. The van der Waals surface area contributed by atoms with Gasteiger partial charge in [0.25, 0.3) is 5.91 Å². The lowest BCUT2D eigenvalue weighted by Gasteiger charge is -2.31. The van der Waals surface area contributed by atoms with Crippen molar-refractivity contribution in [1.29, 1.82) is 0 Å². The second-order valence-corrected chi connectivity index (χ2v) is 5.76. The van der Waals surface area contributed by atoms with Gasteiger partial charge in [-0.3, -0.25) is 9.59 Å². The average molecular weight is 302 g/mol. The van der Waals surface area contributed by atoms with Gasteiger partial charge >= 0.3 is 5.97 Å². The Morgan fingerprint density at radius 2 is 2.37 bits per heavy atom. The fourth-order valence-corrected chi connectivity index (χ4v) is 3.31. The number of nitrogens with zero attached hydrogens (tertiary/aromatic N) is 1. The molecule has 1 aliphatic heterocycles.